The highest BCUT2D eigenvalue weighted by Crippen LogP contribution is 2.23. The zero-order valence-corrected chi connectivity index (χ0v) is 9.56. The van der Waals surface area contributed by atoms with Gasteiger partial charge in [-0.2, -0.15) is 0 Å². The first-order valence-electron chi connectivity index (χ1n) is 5.30. The molecule has 0 saturated carbocycles. The molecule has 0 aromatic rings. The Kier molecular flexibility index (Phi) is 5.10. The van der Waals surface area contributed by atoms with Crippen LogP contribution in [0.3, 0.4) is 0 Å². The molecule has 6 heteroatoms. The minimum atomic E-state index is -1.44. The van der Waals surface area contributed by atoms with Crippen LogP contribution in [0.2, 0.25) is 0 Å². The molecule has 0 amide bonds. The fraction of sp³-hybridized carbons (Fsp3) is 0.636. The van der Waals surface area contributed by atoms with Crippen molar-refractivity contribution in [2.75, 3.05) is 6.61 Å². The van der Waals surface area contributed by atoms with E-state index in [2.05, 4.69) is 6.58 Å². The SMILES string of the molecule is C=C(/C=C\C)O[C@@H]1O[C@H](CO)[C@H](O)[C@H](O)[C@H]1O. The Balaban J connectivity index is 2.68. The molecule has 0 aromatic carbocycles. The molecular formula is C11H18O6. The Morgan fingerprint density at radius 1 is 1.29 bits per heavy atom. The highest BCUT2D eigenvalue weighted by Gasteiger charge is 2.44. The molecule has 0 radical (unpaired) electrons. The monoisotopic (exact) mass is 246 g/mol. The number of hydrogen-bond donors (Lipinski definition) is 4. The molecule has 17 heavy (non-hydrogen) atoms. The first-order chi connectivity index (χ1) is 8.01. The fourth-order valence-electron chi connectivity index (χ4n) is 1.54. The minimum Gasteiger partial charge on any atom is -0.463 e. The van der Waals surface area contributed by atoms with Crippen molar-refractivity contribution in [1.29, 1.82) is 0 Å². The molecule has 0 unspecified atom stereocenters. The van der Waals surface area contributed by atoms with Gasteiger partial charge in [-0.3, -0.25) is 0 Å². The summed E-state index contributed by atoms with van der Waals surface area (Å²) in [6.45, 7) is 4.84. The van der Waals surface area contributed by atoms with Gasteiger partial charge in [-0.1, -0.05) is 12.7 Å². The average Bonchev–Trinajstić information content (AvgIpc) is 2.30. The quantitative estimate of drug-likeness (QED) is 0.371. The molecule has 0 aliphatic carbocycles. The van der Waals surface area contributed by atoms with Gasteiger partial charge in [0.2, 0.25) is 6.29 Å². The van der Waals surface area contributed by atoms with Gasteiger partial charge in [0.25, 0.3) is 0 Å². The Morgan fingerprint density at radius 2 is 1.94 bits per heavy atom. The van der Waals surface area contributed by atoms with E-state index in [9.17, 15) is 15.3 Å². The van der Waals surface area contributed by atoms with Crippen molar-refractivity contribution >= 4 is 0 Å². The van der Waals surface area contributed by atoms with Crippen LogP contribution in [0.5, 0.6) is 0 Å². The highest BCUT2D eigenvalue weighted by molar-refractivity contribution is 5.06. The summed E-state index contributed by atoms with van der Waals surface area (Å²) in [5, 5.41) is 37.6. The number of allylic oxidation sites excluding steroid dienone is 2. The third kappa shape index (κ3) is 3.27. The Morgan fingerprint density at radius 3 is 2.47 bits per heavy atom. The van der Waals surface area contributed by atoms with Gasteiger partial charge in [0.05, 0.1) is 6.61 Å². The molecule has 1 fully saturated rings. The predicted molar refractivity (Wildman–Crippen MR) is 58.8 cm³/mol. The molecule has 1 aliphatic rings. The largest absolute Gasteiger partial charge is 0.463 e. The summed E-state index contributed by atoms with van der Waals surface area (Å²) < 4.78 is 10.3. The van der Waals surface area contributed by atoms with Gasteiger partial charge >= 0.3 is 0 Å². The lowest BCUT2D eigenvalue weighted by Crippen LogP contribution is -2.59. The fourth-order valence-corrected chi connectivity index (χ4v) is 1.54. The number of hydrogen-bond acceptors (Lipinski definition) is 6. The Bertz CT molecular complexity index is 288. The van der Waals surface area contributed by atoms with Crippen LogP contribution < -0.4 is 0 Å². The molecule has 1 rings (SSSR count). The van der Waals surface area contributed by atoms with Crippen LogP contribution in [0, 0.1) is 0 Å². The van der Waals surface area contributed by atoms with E-state index in [0.717, 1.165) is 0 Å². The lowest BCUT2D eigenvalue weighted by Gasteiger charge is -2.39. The minimum absolute atomic E-state index is 0.247. The summed E-state index contributed by atoms with van der Waals surface area (Å²) in [6, 6.07) is 0. The van der Waals surface area contributed by atoms with Gasteiger partial charge in [0, 0.05) is 0 Å². The first kappa shape index (κ1) is 14.1. The summed E-state index contributed by atoms with van der Waals surface area (Å²) in [5.41, 5.74) is 0. The van der Waals surface area contributed by atoms with Crippen molar-refractivity contribution in [1.82, 2.24) is 0 Å². The molecule has 0 spiro atoms. The van der Waals surface area contributed by atoms with Crippen LogP contribution in [-0.4, -0.2) is 57.7 Å². The van der Waals surface area contributed by atoms with E-state index in [1.54, 1.807) is 19.1 Å². The van der Waals surface area contributed by atoms with E-state index in [0.29, 0.717) is 0 Å². The second-order valence-corrected chi connectivity index (χ2v) is 3.78. The first-order valence-corrected chi connectivity index (χ1v) is 5.30. The molecule has 98 valence electrons. The van der Waals surface area contributed by atoms with E-state index in [1.165, 1.54) is 0 Å². The van der Waals surface area contributed by atoms with Crippen molar-refractivity contribution in [2.24, 2.45) is 0 Å². The van der Waals surface area contributed by atoms with E-state index in [-0.39, 0.29) is 5.76 Å². The van der Waals surface area contributed by atoms with Crippen molar-refractivity contribution in [2.45, 2.75) is 37.6 Å². The summed E-state index contributed by atoms with van der Waals surface area (Å²) >= 11 is 0. The van der Waals surface area contributed by atoms with Crippen molar-refractivity contribution in [3.05, 3.63) is 24.5 Å². The van der Waals surface area contributed by atoms with E-state index >= 15 is 0 Å². The molecule has 1 aliphatic heterocycles. The summed E-state index contributed by atoms with van der Waals surface area (Å²) in [4.78, 5) is 0. The molecule has 4 N–H and O–H groups in total. The topological polar surface area (TPSA) is 99.4 Å². The van der Waals surface area contributed by atoms with E-state index < -0.39 is 37.3 Å². The average molecular weight is 246 g/mol. The number of aliphatic hydroxyl groups is 4. The molecule has 6 nitrogen and oxygen atoms in total. The van der Waals surface area contributed by atoms with Gasteiger partial charge in [-0.05, 0) is 13.0 Å². The highest BCUT2D eigenvalue weighted by atomic mass is 16.7. The molecule has 0 bridgehead atoms. The van der Waals surface area contributed by atoms with Gasteiger partial charge in [-0.15, -0.1) is 0 Å². The molecule has 1 saturated heterocycles. The lowest BCUT2D eigenvalue weighted by atomic mass is 9.99. The number of aliphatic hydroxyl groups excluding tert-OH is 4. The van der Waals surface area contributed by atoms with Gasteiger partial charge < -0.3 is 29.9 Å². The van der Waals surface area contributed by atoms with Crippen molar-refractivity contribution in [3.63, 3.8) is 0 Å². The molecule has 5 atom stereocenters. The Hall–Kier alpha value is -0.920. The second kappa shape index (κ2) is 6.13. The smallest absolute Gasteiger partial charge is 0.229 e. The second-order valence-electron chi connectivity index (χ2n) is 3.78. The van der Waals surface area contributed by atoms with Crippen molar-refractivity contribution in [3.8, 4) is 0 Å². The maximum Gasteiger partial charge on any atom is 0.229 e. The summed E-state index contributed by atoms with van der Waals surface area (Å²) in [5.74, 6) is 0.247. The van der Waals surface area contributed by atoms with Gasteiger partial charge in [-0.25, -0.2) is 0 Å². The third-order valence-corrected chi connectivity index (χ3v) is 2.47. The van der Waals surface area contributed by atoms with Gasteiger partial charge in [0.1, 0.15) is 30.2 Å². The number of rotatable bonds is 4. The molecular weight excluding hydrogens is 228 g/mol. The zero-order valence-electron chi connectivity index (χ0n) is 9.56. The molecule has 0 aromatic heterocycles. The number of ether oxygens (including phenoxy) is 2. The van der Waals surface area contributed by atoms with Crippen LogP contribution in [0.1, 0.15) is 6.92 Å². The van der Waals surface area contributed by atoms with Gasteiger partial charge in [0.15, 0.2) is 0 Å². The van der Waals surface area contributed by atoms with Crippen LogP contribution in [-0.2, 0) is 9.47 Å². The van der Waals surface area contributed by atoms with Crippen molar-refractivity contribution < 1.29 is 29.9 Å². The molecule has 1 heterocycles. The summed E-state index contributed by atoms with van der Waals surface area (Å²) in [7, 11) is 0. The van der Waals surface area contributed by atoms with E-state index in [1.807, 2.05) is 0 Å². The van der Waals surface area contributed by atoms with E-state index in [4.69, 9.17) is 14.6 Å². The van der Waals surface area contributed by atoms with Crippen LogP contribution in [0.4, 0.5) is 0 Å². The third-order valence-electron chi connectivity index (χ3n) is 2.47. The Labute approximate surface area is 99.4 Å². The zero-order chi connectivity index (χ0) is 13.0. The lowest BCUT2D eigenvalue weighted by molar-refractivity contribution is -0.290. The standard InChI is InChI=1S/C11H18O6/c1-3-4-6(2)16-11-10(15)9(14)8(13)7(5-12)17-11/h3-4,7-15H,2,5H2,1H3/b4-3-/t7-,8+,9+,10-,11-/m1/s1. The van der Waals surface area contributed by atoms with Crippen LogP contribution >= 0.6 is 0 Å². The summed E-state index contributed by atoms with van der Waals surface area (Å²) in [6.07, 6.45) is -3.14. The maximum atomic E-state index is 9.63. The normalized spacial score (nSPS) is 38.3. The maximum absolute atomic E-state index is 9.63. The predicted octanol–water partition coefficient (Wildman–Crippen LogP) is -1.11. The van der Waals surface area contributed by atoms with Crippen LogP contribution in [0.15, 0.2) is 24.5 Å². The van der Waals surface area contributed by atoms with Crippen LogP contribution in [0.25, 0.3) is 0 Å².